The molecule has 0 aliphatic rings. The Morgan fingerprint density at radius 2 is 1.92 bits per heavy atom. The van der Waals surface area contributed by atoms with Crippen LogP contribution < -0.4 is 9.62 Å². The summed E-state index contributed by atoms with van der Waals surface area (Å²) < 4.78 is 25.5. The molecule has 0 saturated carbocycles. The average Bonchev–Trinajstić information content (AvgIpc) is 2.54. The summed E-state index contributed by atoms with van der Waals surface area (Å²) in [5.41, 5.74) is 1.76. The molecule has 1 amide bonds. The van der Waals surface area contributed by atoms with Crippen LogP contribution in [0.1, 0.15) is 5.56 Å². The van der Waals surface area contributed by atoms with Crippen molar-refractivity contribution in [3.63, 3.8) is 0 Å². The van der Waals surface area contributed by atoms with Gasteiger partial charge in [-0.1, -0.05) is 29.8 Å². The van der Waals surface area contributed by atoms with Crippen molar-refractivity contribution >= 4 is 50.7 Å². The van der Waals surface area contributed by atoms with E-state index in [1.807, 2.05) is 24.5 Å². The molecular formula is C17H19ClN2O3S2. The number of para-hydroxylation sites is 1. The number of aryl methyl sites for hydroxylation is 1. The summed E-state index contributed by atoms with van der Waals surface area (Å²) in [6.07, 6.45) is 2.97. The molecule has 0 aliphatic carbocycles. The van der Waals surface area contributed by atoms with E-state index in [9.17, 15) is 13.2 Å². The SMILES string of the molecule is CSc1ccccc1NC(=O)CN(c1cc(Cl)ccc1C)S(C)(=O)=O. The van der Waals surface area contributed by atoms with Crippen LogP contribution in [0.2, 0.25) is 5.02 Å². The first-order chi connectivity index (χ1) is 11.7. The van der Waals surface area contributed by atoms with E-state index in [0.29, 0.717) is 22.0 Å². The van der Waals surface area contributed by atoms with Gasteiger partial charge in [0, 0.05) is 9.92 Å². The van der Waals surface area contributed by atoms with E-state index in [1.54, 1.807) is 31.2 Å². The zero-order valence-corrected chi connectivity index (χ0v) is 16.5. The number of nitrogens with zero attached hydrogens (tertiary/aromatic N) is 1. The van der Waals surface area contributed by atoms with Gasteiger partial charge < -0.3 is 5.32 Å². The van der Waals surface area contributed by atoms with Crippen LogP contribution in [0.4, 0.5) is 11.4 Å². The molecule has 8 heteroatoms. The zero-order valence-electron chi connectivity index (χ0n) is 14.1. The predicted octanol–water partition coefficient (Wildman–Crippen LogP) is 3.78. The number of anilines is 2. The van der Waals surface area contributed by atoms with Crippen molar-refractivity contribution in [2.45, 2.75) is 11.8 Å². The van der Waals surface area contributed by atoms with E-state index >= 15 is 0 Å². The van der Waals surface area contributed by atoms with Gasteiger partial charge in [-0.15, -0.1) is 11.8 Å². The predicted molar refractivity (Wildman–Crippen MR) is 105 cm³/mol. The first-order valence-electron chi connectivity index (χ1n) is 7.39. The molecule has 0 aromatic heterocycles. The number of hydrogen-bond acceptors (Lipinski definition) is 4. The van der Waals surface area contributed by atoms with E-state index in [4.69, 9.17) is 11.6 Å². The minimum Gasteiger partial charge on any atom is -0.323 e. The zero-order chi connectivity index (χ0) is 18.6. The minimum absolute atomic E-state index is 0.331. The lowest BCUT2D eigenvalue weighted by Crippen LogP contribution is -2.38. The maximum Gasteiger partial charge on any atom is 0.245 e. The van der Waals surface area contributed by atoms with Crippen molar-refractivity contribution in [2.24, 2.45) is 0 Å². The molecule has 2 aromatic carbocycles. The molecule has 0 radical (unpaired) electrons. The van der Waals surface area contributed by atoms with Gasteiger partial charge in [-0.05, 0) is 43.0 Å². The summed E-state index contributed by atoms with van der Waals surface area (Å²) in [4.78, 5) is 13.4. The Balaban J connectivity index is 2.29. The van der Waals surface area contributed by atoms with Gasteiger partial charge in [0.2, 0.25) is 15.9 Å². The van der Waals surface area contributed by atoms with Crippen LogP contribution in [-0.4, -0.2) is 33.4 Å². The molecule has 1 N–H and O–H groups in total. The van der Waals surface area contributed by atoms with Crippen molar-refractivity contribution in [1.29, 1.82) is 0 Å². The van der Waals surface area contributed by atoms with Crippen LogP contribution >= 0.6 is 23.4 Å². The Labute approximate surface area is 157 Å². The smallest absolute Gasteiger partial charge is 0.245 e. The van der Waals surface area contributed by atoms with Crippen LogP contribution in [0.15, 0.2) is 47.4 Å². The van der Waals surface area contributed by atoms with Crippen molar-refractivity contribution in [2.75, 3.05) is 28.7 Å². The Morgan fingerprint density at radius 1 is 1.24 bits per heavy atom. The second-order valence-corrected chi connectivity index (χ2v) is 8.64. The lowest BCUT2D eigenvalue weighted by Gasteiger charge is -2.24. The third-order valence-electron chi connectivity index (χ3n) is 3.51. The molecule has 0 aliphatic heterocycles. The quantitative estimate of drug-likeness (QED) is 0.752. The van der Waals surface area contributed by atoms with E-state index in [2.05, 4.69) is 5.32 Å². The number of carbonyl (C=O) groups excluding carboxylic acids is 1. The number of amides is 1. The van der Waals surface area contributed by atoms with Gasteiger partial charge in [-0.25, -0.2) is 8.42 Å². The number of sulfonamides is 1. The highest BCUT2D eigenvalue weighted by Crippen LogP contribution is 2.27. The number of benzene rings is 2. The third-order valence-corrected chi connectivity index (χ3v) is 5.67. The molecule has 2 aromatic rings. The average molecular weight is 399 g/mol. The Morgan fingerprint density at radius 3 is 2.56 bits per heavy atom. The van der Waals surface area contributed by atoms with Crippen molar-refractivity contribution in [3.05, 3.63) is 53.1 Å². The molecule has 0 saturated heterocycles. The molecule has 0 atom stereocenters. The van der Waals surface area contributed by atoms with Crippen molar-refractivity contribution in [3.8, 4) is 0 Å². The van der Waals surface area contributed by atoms with Gasteiger partial charge in [0.05, 0.1) is 17.6 Å². The largest absolute Gasteiger partial charge is 0.323 e. The number of thioether (sulfide) groups is 1. The first-order valence-corrected chi connectivity index (χ1v) is 10.8. The van der Waals surface area contributed by atoms with Gasteiger partial charge in [-0.3, -0.25) is 9.10 Å². The summed E-state index contributed by atoms with van der Waals surface area (Å²) in [6, 6.07) is 12.3. The van der Waals surface area contributed by atoms with Crippen molar-refractivity contribution in [1.82, 2.24) is 0 Å². The van der Waals surface area contributed by atoms with Crippen molar-refractivity contribution < 1.29 is 13.2 Å². The topological polar surface area (TPSA) is 66.5 Å². The number of hydrogen-bond donors (Lipinski definition) is 1. The van der Waals surface area contributed by atoms with Crippen LogP contribution in [0.3, 0.4) is 0 Å². The van der Waals surface area contributed by atoms with Crippen LogP contribution in [0, 0.1) is 6.92 Å². The van der Waals surface area contributed by atoms with Gasteiger partial charge >= 0.3 is 0 Å². The number of carbonyl (C=O) groups is 1. The third kappa shape index (κ3) is 5.14. The highest BCUT2D eigenvalue weighted by atomic mass is 35.5. The van der Waals surface area contributed by atoms with Crippen LogP contribution in [0.25, 0.3) is 0 Å². The fourth-order valence-electron chi connectivity index (χ4n) is 2.30. The number of halogens is 1. The molecule has 0 unspecified atom stereocenters. The summed E-state index contributed by atoms with van der Waals surface area (Å²) in [7, 11) is -3.65. The fourth-order valence-corrected chi connectivity index (χ4v) is 3.93. The highest BCUT2D eigenvalue weighted by Gasteiger charge is 2.23. The van der Waals surface area contributed by atoms with Gasteiger partial charge in [0.1, 0.15) is 6.54 Å². The monoisotopic (exact) mass is 398 g/mol. The molecule has 0 heterocycles. The molecule has 25 heavy (non-hydrogen) atoms. The van der Waals surface area contributed by atoms with E-state index in [-0.39, 0.29) is 6.54 Å². The van der Waals surface area contributed by atoms with E-state index < -0.39 is 15.9 Å². The van der Waals surface area contributed by atoms with Crippen LogP contribution in [-0.2, 0) is 14.8 Å². The second kappa shape index (κ2) is 8.12. The molecule has 0 fully saturated rings. The number of rotatable bonds is 6. The summed E-state index contributed by atoms with van der Waals surface area (Å²) in [6.45, 7) is 1.44. The summed E-state index contributed by atoms with van der Waals surface area (Å²) in [5.74, 6) is -0.425. The Kier molecular flexibility index (Phi) is 6.37. The summed E-state index contributed by atoms with van der Waals surface area (Å²) in [5, 5.41) is 3.17. The Hall–Kier alpha value is -1.70. The van der Waals surface area contributed by atoms with Gasteiger partial charge in [0.15, 0.2) is 0 Å². The number of nitrogens with one attached hydrogen (secondary N) is 1. The molecule has 0 spiro atoms. The fraction of sp³-hybridized carbons (Fsp3) is 0.235. The molecule has 134 valence electrons. The molecule has 5 nitrogen and oxygen atoms in total. The van der Waals surface area contributed by atoms with Crippen LogP contribution in [0.5, 0.6) is 0 Å². The van der Waals surface area contributed by atoms with E-state index in [0.717, 1.165) is 15.5 Å². The van der Waals surface area contributed by atoms with Gasteiger partial charge in [0.25, 0.3) is 0 Å². The molecule has 0 bridgehead atoms. The standard InChI is InChI=1S/C17H19ClN2O3S2/c1-12-8-9-13(18)10-15(12)20(25(3,22)23)11-17(21)19-14-6-4-5-7-16(14)24-2/h4-10H,11H2,1-3H3,(H,19,21). The minimum atomic E-state index is -3.65. The van der Waals surface area contributed by atoms with E-state index in [1.165, 1.54) is 11.8 Å². The Bertz CT molecular complexity index is 885. The lowest BCUT2D eigenvalue weighted by molar-refractivity contribution is -0.114. The maximum atomic E-state index is 12.4. The molecular weight excluding hydrogens is 380 g/mol. The maximum absolute atomic E-state index is 12.4. The highest BCUT2D eigenvalue weighted by molar-refractivity contribution is 7.98. The summed E-state index contributed by atoms with van der Waals surface area (Å²) >= 11 is 7.49. The molecule has 2 rings (SSSR count). The normalized spacial score (nSPS) is 11.2. The first kappa shape index (κ1) is 19.6. The van der Waals surface area contributed by atoms with Gasteiger partial charge in [-0.2, -0.15) is 0 Å². The second-order valence-electron chi connectivity index (χ2n) is 5.45. The lowest BCUT2D eigenvalue weighted by atomic mass is 10.2.